The van der Waals surface area contributed by atoms with Gasteiger partial charge in [0.05, 0.1) is 39.8 Å². The van der Waals surface area contributed by atoms with Gasteiger partial charge in [-0.3, -0.25) is 33.1 Å². The SMILES string of the molecule is CNCCCNCc1ccc(-c2c3ncn(CC4(C)CCN(C(=O)CCc5ccccc5)CC4)c(=O)c3nn2C)cc1.O=CCCCCCCCCCCC(=O)NCCn1ccc(-c2cc(Cl)c(Cl)c3[nH]c4c(c23)CN(C(=O)CO)CC4)n1. The molecule has 0 aliphatic carbocycles. The summed E-state index contributed by atoms with van der Waals surface area (Å²) in [5, 5.41) is 30.0. The number of piperidine rings is 1. The number of aromatic amines is 1. The molecule has 18 nitrogen and oxygen atoms in total. The van der Waals surface area contributed by atoms with Crippen LogP contribution in [0.25, 0.3) is 44.5 Å². The average Bonchev–Trinajstić information content (AvgIpc) is 4.28. The lowest BCUT2D eigenvalue weighted by Gasteiger charge is -2.39. The summed E-state index contributed by atoms with van der Waals surface area (Å²) in [6.07, 6.45) is 19.2. The van der Waals surface area contributed by atoms with Crippen LogP contribution in [0.15, 0.2) is 84.0 Å². The Hall–Kier alpha value is -6.70. The van der Waals surface area contributed by atoms with Gasteiger partial charge in [0.25, 0.3) is 5.56 Å². The fourth-order valence-electron chi connectivity index (χ4n) is 11.3. The third-order valence-corrected chi connectivity index (χ3v) is 17.0. The van der Waals surface area contributed by atoms with E-state index in [1.54, 1.807) is 31.2 Å². The Balaban J connectivity index is 0.000000217. The number of carbonyl (C=O) groups excluding carboxylic acids is 4. The van der Waals surface area contributed by atoms with E-state index < -0.39 is 6.61 Å². The number of nitrogens with zero attached hydrogens (tertiary/aromatic N) is 8. The molecule has 9 rings (SSSR count). The second kappa shape index (κ2) is 30.7. The minimum Gasteiger partial charge on any atom is -0.387 e. The number of aliphatic hydroxyl groups is 1. The number of benzene rings is 3. The van der Waals surface area contributed by atoms with Gasteiger partial charge in [0, 0.05) is 113 Å². The first kappa shape index (κ1) is 62.3. The Kier molecular flexibility index (Phi) is 23.1. The summed E-state index contributed by atoms with van der Waals surface area (Å²) in [6.45, 7) is 8.35. The molecule has 7 aromatic rings. The van der Waals surface area contributed by atoms with E-state index in [0.717, 1.165) is 123 Å². The maximum Gasteiger partial charge on any atom is 0.281 e. The number of fused-ring (bicyclic) bond motifs is 4. The molecule has 0 bridgehead atoms. The van der Waals surface area contributed by atoms with Crippen molar-refractivity contribution in [2.75, 3.05) is 52.9 Å². The number of aryl methyl sites for hydroxylation is 2. The predicted octanol–water partition coefficient (Wildman–Crippen LogP) is 9.19. The number of rotatable bonds is 28. The first-order valence-electron chi connectivity index (χ1n) is 29.6. The van der Waals surface area contributed by atoms with E-state index >= 15 is 0 Å². The number of hydrogen-bond donors (Lipinski definition) is 5. The van der Waals surface area contributed by atoms with E-state index in [1.165, 1.54) is 30.4 Å². The van der Waals surface area contributed by atoms with Gasteiger partial charge in [-0.1, -0.05) is 123 Å². The van der Waals surface area contributed by atoms with Crippen molar-refractivity contribution in [3.63, 3.8) is 0 Å². The molecule has 1 saturated heterocycles. The van der Waals surface area contributed by atoms with Crippen LogP contribution in [-0.2, 0) is 65.2 Å². The van der Waals surface area contributed by atoms with E-state index in [2.05, 4.69) is 69.4 Å². The molecule has 83 heavy (non-hydrogen) atoms. The maximum absolute atomic E-state index is 13.6. The molecular formula is C63H82Cl2N12O6. The van der Waals surface area contributed by atoms with Crippen LogP contribution in [-0.4, -0.2) is 126 Å². The van der Waals surface area contributed by atoms with Gasteiger partial charge in [0.1, 0.15) is 18.4 Å². The largest absolute Gasteiger partial charge is 0.387 e. The van der Waals surface area contributed by atoms with E-state index in [9.17, 15) is 29.1 Å². The van der Waals surface area contributed by atoms with E-state index in [4.69, 9.17) is 33.3 Å². The molecule has 1 fully saturated rings. The zero-order valence-corrected chi connectivity index (χ0v) is 50.0. The van der Waals surface area contributed by atoms with Crippen molar-refractivity contribution >= 4 is 69.1 Å². The zero-order chi connectivity index (χ0) is 58.7. The quantitative estimate of drug-likeness (QED) is 0.0230. The summed E-state index contributed by atoms with van der Waals surface area (Å²) < 4.78 is 5.25. The summed E-state index contributed by atoms with van der Waals surface area (Å²) in [5.41, 5.74) is 9.24. The minimum absolute atomic E-state index is 0.0540. The molecule has 0 unspecified atom stereocenters. The van der Waals surface area contributed by atoms with Crippen molar-refractivity contribution in [3.8, 4) is 22.5 Å². The number of likely N-dealkylation sites (tertiary alicyclic amines) is 1. The first-order chi connectivity index (χ1) is 40.3. The van der Waals surface area contributed by atoms with Gasteiger partial charge in [0.2, 0.25) is 17.7 Å². The van der Waals surface area contributed by atoms with Gasteiger partial charge < -0.3 is 40.6 Å². The first-order valence-corrected chi connectivity index (χ1v) is 30.4. The number of aliphatic hydroxyl groups excluding tert-OH is 1. The van der Waals surface area contributed by atoms with Crippen LogP contribution < -0.4 is 21.5 Å². The molecule has 4 aromatic heterocycles. The molecule has 6 heterocycles. The molecule has 2 aliphatic heterocycles. The number of H-pyrrole nitrogens is 1. The van der Waals surface area contributed by atoms with Crippen LogP contribution in [0, 0.1) is 5.41 Å². The summed E-state index contributed by atoms with van der Waals surface area (Å²) in [7, 11) is 3.83. The fourth-order valence-corrected chi connectivity index (χ4v) is 11.7. The Morgan fingerprint density at radius 2 is 1.55 bits per heavy atom. The lowest BCUT2D eigenvalue weighted by molar-refractivity contribution is -0.135. The number of halogens is 2. The number of amides is 3. The maximum atomic E-state index is 13.6. The van der Waals surface area contributed by atoms with E-state index in [1.807, 2.05) is 49.5 Å². The van der Waals surface area contributed by atoms with Crippen molar-refractivity contribution < 1.29 is 24.3 Å². The highest BCUT2D eigenvalue weighted by atomic mass is 35.5. The standard InChI is InChI=1S/C33H43N7O2.C30H39Cl2N5O4/c1-33(16-20-39(21-17-33)28(41)15-12-25-8-5-4-6-9-25)23-40-24-36-29-30(32(40)42)37-38(3)31(29)27-13-10-26(11-14-27)22-35-19-7-18-34-2;31-23-18-21(28-22-19-36(27(41)20-39)14-11-24(22)34-30(28)29(23)32)25-12-15-37(35-25)16-13-33-26(40)10-8-6-4-2-1-3-5-7-9-17-38/h4-6,8-11,13-14,24,34-35H,7,12,15-23H2,1-3H3;12,15,17-18,34,39H,1-11,13-14,16,19-20H2,(H,33,40). The van der Waals surface area contributed by atoms with Crippen molar-refractivity contribution in [3.05, 3.63) is 122 Å². The van der Waals surface area contributed by atoms with Crippen molar-refractivity contribution in [2.24, 2.45) is 12.5 Å². The van der Waals surface area contributed by atoms with Crippen LogP contribution in [0.5, 0.6) is 0 Å². The second-order valence-electron chi connectivity index (χ2n) is 22.5. The number of aldehydes is 1. The molecule has 0 saturated carbocycles. The molecule has 0 atom stereocenters. The number of carbonyl (C=O) groups is 4. The fraction of sp³-hybridized carbons (Fsp3) is 0.492. The van der Waals surface area contributed by atoms with Crippen LogP contribution in [0.4, 0.5) is 0 Å². The minimum atomic E-state index is -0.525. The molecule has 20 heteroatoms. The normalized spacial score (nSPS) is 14.0. The number of nitrogens with one attached hydrogen (secondary N) is 4. The number of aromatic nitrogens is 7. The molecule has 0 radical (unpaired) electrons. The van der Waals surface area contributed by atoms with Gasteiger partial charge in [-0.05, 0) is 87.3 Å². The zero-order valence-electron chi connectivity index (χ0n) is 48.5. The van der Waals surface area contributed by atoms with Gasteiger partial charge >= 0.3 is 0 Å². The monoisotopic (exact) mass is 1170 g/mol. The third kappa shape index (κ3) is 16.8. The highest BCUT2D eigenvalue weighted by Gasteiger charge is 2.33. The Morgan fingerprint density at radius 3 is 2.28 bits per heavy atom. The highest BCUT2D eigenvalue weighted by molar-refractivity contribution is 6.45. The van der Waals surface area contributed by atoms with Crippen LogP contribution in [0.1, 0.15) is 119 Å². The summed E-state index contributed by atoms with van der Waals surface area (Å²) in [4.78, 5) is 72.9. The lowest BCUT2D eigenvalue weighted by Crippen LogP contribution is -2.44. The molecule has 3 aromatic carbocycles. The van der Waals surface area contributed by atoms with Crippen molar-refractivity contribution in [1.29, 1.82) is 0 Å². The number of hydrogen-bond acceptors (Lipinski definition) is 11. The van der Waals surface area contributed by atoms with E-state index in [0.29, 0.717) is 98.1 Å². The second-order valence-corrected chi connectivity index (χ2v) is 23.3. The van der Waals surface area contributed by atoms with Gasteiger partial charge in [-0.25, -0.2) is 4.98 Å². The molecule has 444 valence electrons. The van der Waals surface area contributed by atoms with Crippen molar-refractivity contribution in [2.45, 2.75) is 136 Å². The Labute approximate surface area is 496 Å². The van der Waals surface area contributed by atoms with E-state index in [-0.39, 0.29) is 28.7 Å². The topological polar surface area (TPSA) is 217 Å². The lowest BCUT2D eigenvalue weighted by atomic mass is 9.80. The number of unbranched alkanes of at least 4 members (excludes halogenated alkanes) is 8. The van der Waals surface area contributed by atoms with Gasteiger partial charge in [-0.2, -0.15) is 10.2 Å². The summed E-state index contributed by atoms with van der Waals surface area (Å²) in [5.74, 6) is -0.0501. The van der Waals surface area contributed by atoms with Gasteiger partial charge in [0.15, 0.2) is 5.52 Å². The Bertz CT molecular complexity index is 3330. The van der Waals surface area contributed by atoms with Crippen LogP contribution >= 0.6 is 23.2 Å². The predicted molar refractivity (Wildman–Crippen MR) is 328 cm³/mol. The third-order valence-electron chi connectivity index (χ3n) is 16.2. The molecule has 0 spiro atoms. The smallest absolute Gasteiger partial charge is 0.281 e. The van der Waals surface area contributed by atoms with Gasteiger partial charge in [-0.15, -0.1) is 0 Å². The Morgan fingerprint density at radius 1 is 0.819 bits per heavy atom. The summed E-state index contributed by atoms with van der Waals surface area (Å²) >= 11 is 13.1. The van der Waals surface area contributed by atoms with Crippen LogP contribution in [0.3, 0.4) is 0 Å². The van der Waals surface area contributed by atoms with Crippen molar-refractivity contribution in [1.82, 2.24) is 59.8 Å². The molecule has 3 amide bonds. The summed E-state index contributed by atoms with van der Waals surface area (Å²) in [6, 6.07) is 22.2. The molecule has 2 aliphatic rings. The van der Waals surface area contributed by atoms with Crippen LogP contribution in [0.2, 0.25) is 10.0 Å². The highest BCUT2D eigenvalue weighted by Crippen LogP contribution is 2.42. The molecule has 5 N–H and O–H groups in total. The molecular weight excluding hydrogens is 1090 g/mol. The average molecular weight is 1170 g/mol.